The Morgan fingerprint density at radius 3 is 2.28 bits per heavy atom. The molecule has 32 heavy (non-hydrogen) atoms. The van der Waals surface area contributed by atoms with Crippen LogP contribution in [0.3, 0.4) is 0 Å². The highest BCUT2D eigenvalue weighted by Crippen LogP contribution is 2.16. The van der Waals surface area contributed by atoms with Crippen LogP contribution in [0.25, 0.3) is 0 Å². The highest BCUT2D eigenvalue weighted by Gasteiger charge is 2.37. The van der Waals surface area contributed by atoms with Crippen molar-refractivity contribution in [1.29, 1.82) is 0 Å². The number of hydrazine groups is 1. The zero-order chi connectivity index (χ0) is 24.1. The molecular weight excluding hydrogens is 480 g/mol. The monoisotopic (exact) mass is 506 g/mol. The molecule has 1 heterocycles. The molecule has 0 bridgehead atoms. The van der Waals surface area contributed by atoms with Crippen LogP contribution < -0.4 is 21.7 Å². The molecule has 0 saturated carbocycles. The van der Waals surface area contributed by atoms with E-state index in [9.17, 15) is 19.2 Å². The molecule has 0 aliphatic heterocycles. The van der Waals surface area contributed by atoms with Crippen LogP contribution in [0.2, 0.25) is 0 Å². The summed E-state index contributed by atoms with van der Waals surface area (Å²) < 4.78 is 7.06. The molecule has 1 unspecified atom stereocenters. The lowest BCUT2D eigenvalue weighted by Gasteiger charge is -2.31. The maximum absolute atomic E-state index is 13.0. The fourth-order valence-corrected chi connectivity index (χ4v) is 3.40. The number of alkyl carbamates (subject to hydrolysis) is 1. The first-order chi connectivity index (χ1) is 14.8. The average molecular weight is 507 g/mol. The number of pyridine rings is 1. The van der Waals surface area contributed by atoms with Gasteiger partial charge in [0.2, 0.25) is 0 Å². The maximum atomic E-state index is 13.0. The number of hydrogen-bond donors (Lipinski definition) is 3. The van der Waals surface area contributed by atoms with Crippen molar-refractivity contribution < 1.29 is 19.1 Å². The van der Waals surface area contributed by atoms with Crippen LogP contribution in [0.4, 0.5) is 4.79 Å². The summed E-state index contributed by atoms with van der Waals surface area (Å²) in [6.07, 6.45) is 0.866. The molecule has 0 aliphatic rings. The Labute approximate surface area is 194 Å². The van der Waals surface area contributed by atoms with Gasteiger partial charge in [0, 0.05) is 24.1 Å². The summed E-state index contributed by atoms with van der Waals surface area (Å²) in [5.74, 6) is -1.48. The molecule has 2 rings (SSSR count). The van der Waals surface area contributed by atoms with Gasteiger partial charge in [-0.05, 0) is 55.3 Å². The molecule has 1 atom stereocenters. The number of carbonyl (C=O) groups excluding carboxylic acids is 3. The Balaban J connectivity index is 2.21. The van der Waals surface area contributed by atoms with Gasteiger partial charge >= 0.3 is 6.09 Å². The van der Waals surface area contributed by atoms with Gasteiger partial charge in [-0.2, -0.15) is 0 Å². The first kappa shape index (κ1) is 25.1. The van der Waals surface area contributed by atoms with Crippen LogP contribution in [0.5, 0.6) is 0 Å². The number of ether oxygens (including phenoxy) is 1. The first-order valence-electron chi connectivity index (χ1n) is 9.83. The van der Waals surface area contributed by atoms with E-state index >= 15 is 0 Å². The van der Waals surface area contributed by atoms with E-state index in [2.05, 4.69) is 32.1 Å². The Kier molecular flexibility index (Phi) is 7.84. The van der Waals surface area contributed by atoms with Crippen LogP contribution >= 0.6 is 15.9 Å². The van der Waals surface area contributed by atoms with Crippen LogP contribution in [-0.4, -0.2) is 33.6 Å². The predicted octanol–water partition coefficient (Wildman–Crippen LogP) is 2.43. The standard InChI is InChI=1S/C22H27BrN4O5/c1-21(2,3)32-20(31)24-22(4,12-14-9-7-6-8-10-14)19(30)26-25-17(28)16-11-15(23)13-27(5)18(16)29/h6-11,13H,12H2,1-5H3,(H,24,31)(H,25,28)(H,26,30). The molecule has 9 nitrogen and oxygen atoms in total. The quantitative estimate of drug-likeness (QED) is 0.538. The molecule has 0 spiro atoms. The van der Waals surface area contributed by atoms with Gasteiger partial charge in [0.15, 0.2) is 0 Å². The smallest absolute Gasteiger partial charge is 0.408 e. The average Bonchev–Trinajstić information content (AvgIpc) is 2.67. The van der Waals surface area contributed by atoms with Gasteiger partial charge in [-0.3, -0.25) is 25.2 Å². The number of halogens is 1. The van der Waals surface area contributed by atoms with Crippen molar-refractivity contribution in [2.24, 2.45) is 7.05 Å². The van der Waals surface area contributed by atoms with Gasteiger partial charge in [0.05, 0.1) is 0 Å². The summed E-state index contributed by atoms with van der Waals surface area (Å²) in [4.78, 5) is 50.2. The zero-order valence-corrected chi connectivity index (χ0v) is 20.2. The van der Waals surface area contributed by atoms with Crippen LogP contribution in [-0.2, 0) is 23.0 Å². The summed E-state index contributed by atoms with van der Waals surface area (Å²) >= 11 is 3.23. The van der Waals surface area contributed by atoms with Crippen molar-refractivity contribution >= 4 is 33.8 Å². The summed E-state index contributed by atoms with van der Waals surface area (Å²) in [6, 6.07) is 10.4. The Hall–Kier alpha value is -3.14. The normalized spacial score (nSPS) is 12.9. The van der Waals surface area contributed by atoms with Gasteiger partial charge in [-0.15, -0.1) is 0 Å². The van der Waals surface area contributed by atoms with Crippen molar-refractivity contribution in [3.05, 3.63) is 68.5 Å². The molecule has 2 aromatic rings. The molecule has 0 aliphatic carbocycles. The molecule has 3 amide bonds. The van der Waals surface area contributed by atoms with Crippen molar-refractivity contribution in [2.45, 2.75) is 45.3 Å². The molecule has 0 saturated heterocycles. The lowest BCUT2D eigenvalue weighted by molar-refractivity contribution is -0.127. The van der Waals surface area contributed by atoms with E-state index in [1.165, 1.54) is 30.8 Å². The van der Waals surface area contributed by atoms with E-state index in [1.54, 1.807) is 20.8 Å². The molecule has 1 aromatic heterocycles. The second kappa shape index (κ2) is 9.99. The molecule has 10 heteroatoms. The van der Waals surface area contributed by atoms with E-state index in [1.807, 2.05) is 30.3 Å². The summed E-state index contributed by atoms with van der Waals surface area (Å²) in [5, 5.41) is 2.59. The number of aromatic nitrogens is 1. The maximum Gasteiger partial charge on any atom is 0.408 e. The third-order valence-electron chi connectivity index (χ3n) is 4.36. The number of nitrogens with one attached hydrogen (secondary N) is 3. The lowest BCUT2D eigenvalue weighted by Crippen LogP contribution is -2.61. The summed E-state index contributed by atoms with van der Waals surface area (Å²) in [6.45, 7) is 6.64. The van der Waals surface area contributed by atoms with Gasteiger partial charge in [0.1, 0.15) is 16.7 Å². The largest absolute Gasteiger partial charge is 0.444 e. The van der Waals surface area contributed by atoms with Crippen molar-refractivity contribution in [1.82, 2.24) is 20.7 Å². The second-order valence-corrected chi connectivity index (χ2v) is 9.43. The fourth-order valence-electron chi connectivity index (χ4n) is 2.87. The molecule has 1 aromatic carbocycles. The number of amides is 3. The SMILES string of the molecule is Cn1cc(Br)cc(C(=O)NNC(=O)C(C)(Cc2ccccc2)NC(=O)OC(C)(C)C)c1=O. The Bertz CT molecular complexity index is 1060. The van der Waals surface area contributed by atoms with E-state index < -0.39 is 34.6 Å². The first-order valence-corrected chi connectivity index (χ1v) is 10.6. The van der Waals surface area contributed by atoms with Crippen LogP contribution in [0, 0.1) is 0 Å². The van der Waals surface area contributed by atoms with E-state index in [0.29, 0.717) is 4.47 Å². The van der Waals surface area contributed by atoms with Gasteiger partial charge < -0.3 is 14.6 Å². The number of rotatable bonds is 5. The summed E-state index contributed by atoms with van der Waals surface area (Å²) in [7, 11) is 1.50. The predicted molar refractivity (Wildman–Crippen MR) is 123 cm³/mol. The fraction of sp³-hybridized carbons (Fsp3) is 0.364. The minimum absolute atomic E-state index is 0.132. The molecular formula is C22H27BrN4O5. The number of hydrogen-bond acceptors (Lipinski definition) is 5. The molecule has 0 radical (unpaired) electrons. The number of nitrogens with zero attached hydrogens (tertiary/aromatic N) is 1. The zero-order valence-electron chi connectivity index (χ0n) is 18.6. The molecule has 0 fully saturated rings. The summed E-state index contributed by atoms with van der Waals surface area (Å²) in [5.41, 5.74) is 2.42. The van der Waals surface area contributed by atoms with Crippen molar-refractivity contribution in [3.63, 3.8) is 0 Å². The molecule has 172 valence electrons. The minimum atomic E-state index is -1.46. The number of aryl methyl sites for hydroxylation is 1. The number of benzene rings is 1. The van der Waals surface area contributed by atoms with Gasteiger partial charge in [-0.1, -0.05) is 30.3 Å². The van der Waals surface area contributed by atoms with E-state index in [4.69, 9.17) is 4.74 Å². The van der Waals surface area contributed by atoms with E-state index in [-0.39, 0.29) is 12.0 Å². The second-order valence-electron chi connectivity index (χ2n) is 8.52. The Morgan fingerprint density at radius 1 is 1.06 bits per heavy atom. The van der Waals surface area contributed by atoms with Gasteiger partial charge in [-0.25, -0.2) is 4.79 Å². The third-order valence-corrected chi connectivity index (χ3v) is 4.80. The van der Waals surface area contributed by atoms with Crippen molar-refractivity contribution in [3.8, 4) is 0 Å². The lowest BCUT2D eigenvalue weighted by atomic mass is 9.92. The van der Waals surface area contributed by atoms with Crippen molar-refractivity contribution in [2.75, 3.05) is 0 Å². The highest BCUT2D eigenvalue weighted by molar-refractivity contribution is 9.10. The highest BCUT2D eigenvalue weighted by atomic mass is 79.9. The third kappa shape index (κ3) is 6.94. The van der Waals surface area contributed by atoms with Crippen LogP contribution in [0.1, 0.15) is 43.6 Å². The topological polar surface area (TPSA) is 119 Å². The number of carbonyl (C=O) groups is 3. The molecule has 3 N–H and O–H groups in total. The van der Waals surface area contributed by atoms with Crippen LogP contribution in [0.15, 0.2) is 51.9 Å². The Morgan fingerprint density at radius 2 is 1.69 bits per heavy atom. The van der Waals surface area contributed by atoms with Gasteiger partial charge in [0.25, 0.3) is 17.4 Å². The van der Waals surface area contributed by atoms with E-state index in [0.717, 1.165) is 5.56 Å². The minimum Gasteiger partial charge on any atom is -0.444 e.